The second-order valence-electron chi connectivity index (χ2n) is 5.88. The van der Waals surface area contributed by atoms with E-state index in [1.54, 1.807) is 12.1 Å². The first-order valence-electron chi connectivity index (χ1n) is 7.40. The highest BCUT2D eigenvalue weighted by atomic mass is 16.6. The van der Waals surface area contributed by atoms with Crippen LogP contribution in [0.25, 0.3) is 0 Å². The van der Waals surface area contributed by atoms with Crippen molar-refractivity contribution in [1.29, 1.82) is 0 Å². The third-order valence-electron chi connectivity index (χ3n) is 4.46. The molecule has 1 aromatic carbocycles. The fraction of sp³-hybridized carbons (Fsp3) is 0.600. The number of nitrogens with zero attached hydrogens (tertiary/aromatic N) is 1. The first kappa shape index (κ1) is 14.3. The SMILES string of the molecule is NCc1ccc([N+](=O)[O-])c(OC2CCOC3(CCC3)C2)c1. The van der Waals surface area contributed by atoms with Gasteiger partial charge in [-0.1, -0.05) is 6.07 Å². The number of nitro benzene ring substituents is 1. The summed E-state index contributed by atoms with van der Waals surface area (Å²) in [5.41, 5.74) is 6.40. The topological polar surface area (TPSA) is 87.6 Å². The van der Waals surface area contributed by atoms with Crippen molar-refractivity contribution in [3.05, 3.63) is 33.9 Å². The lowest BCUT2D eigenvalue weighted by Gasteiger charge is -2.46. The van der Waals surface area contributed by atoms with Crippen LogP contribution in [0.3, 0.4) is 0 Å². The largest absolute Gasteiger partial charge is 0.483 e. The minimum atomic E-state index is -0.409. The van der Waals surface area contributed by atoms with Crippen molar-refractivity contribution in [2.45, 2.75) is 50.4 Å². The summed E-state index contributed by atoms with van der Waals surface area (Å²) in [6, 6.07) is 4.82. The standard InChI is InChI=1S/C15H20N2O4/c16-10-11-2-3-13(17(18)19)14(8-11)21-12-4-7-20-15(9-12)5-1-6-15/h2-3,8,12H,1,4-7,9-10,16H2. The van der Waals surface area contributed by atoms with Crippen LogP contribution in [0.2, 0.25) is 0 Å². The monoisotopic (exact) mass is 292 g/mol. The predicted octanol–water partition coefficient (Wildman–Crippen LogP) is 2.53. The van der Waals surface area contributed by atoms with E-state index in [1.165, 1.54) is 12.5 Å². The molecule has 0 amide bonds. The number of rotatable bonds is 4. The Labute approximate surface area is 123 Å². The molecule has 3 rings (SSSR count). The molecule has 6 nitrogen and oxygen atoms in total. The van der Waals surface area contributed by atoms with Crippen molar-refractivity contribution >= 4 is 5.69 Å². The number of nitro groups is 1. The molecule has 1 spiro atoms. The summed E-state index contributed by atoms with van der Waals surface area (Å²) in [5, 5.41) is 11.1. The van der Waals surface area contributed by atoms with E-state index >= 15 is 0 Å². The third kappa shape index (κ3) is 2.87. The molecule has 1 aromatic rings. The van der Waals surface area contributed by atoms with Gasteiger partial charge >= 0.3 is 5.69 Å². The van der Waals surface area contributed by atoms with Gasteiger partial charge in [0.25, 0.3) is 0 Å². The minimum absolute atomic E-state index is 0.00125. The molecule has 6 heteroatoms. The van der Waals surface area contributed by atoms with Crippen LogP contribution in [-0.2, 0) is 11.3 Å². The van der Waals surface area contributed by atoms with Crippen LogP contribution < -0.4 is 10.5 Å². The molecule has 0 bridgehead atoms. The average molecular weight is 292 g/mol. The van der Waals surface area contributed by atoms with Gasteiger partial charge in [0.1, 0.15) is 6.10 Å². The molecule has 2 aliphatic rings. The smallest absolute Gasteiger partial charge is 0.310 e. The fourth-order valence-electron chi connectivity index (χ4n) is 3.11. The lowest BCUT2D eigenvalue weighted by molar-refractivity contribution is -0.386. The van der Waals surface area contributed by atoms with Crippen LogP contribution in [0.4, 0.5) is 5.69 Å². The van der Waals surface area contributed by atoms with Crippen molar-refractivity contribution in [3.63, 3.8) is 0 Å². The van der Waals surface area contributed by atoms with Crippen molar-refractivity contribution in [2.24, 2.45) is 5.73 Å². The van der Waals surface area contributed by atoms with E-state index in [4.69, 9.17) is 15.2 Å². The second kappa shape index (κ2) is 5.61. The molecule has 0 radical (unpaired) electrons. The van der Waals surface area contributed by atoms with E-state index in [-0.39, 0.29) is 17.4 Å². The first-order valence-corrected chi connectivity index (χ1v) is 7.40. The molecule has 1 saturated carbocycles. The molecule has 1 unspecified atom stereocenters. The van der Waals surface area contributed by atoms with Gasteiger partial charge in [-0.05, 0) is 30.9 Å². The zero-order chi connectivity index (χ0) is 14.9. The van der Waals surface area contributed by atoms with Crippen molar-refractivity contribution in [2.75, 3.05) is 6.61 Å². The lowest BCUT2D eigenvalue weighted by Crippen LogP contribution is -2.48. The average Bonchev–Trinajstić information content (AvgIpc) is 2.45. The third-order valence-corrected chi connectivity index (χ3v) is 4.46. The summed E-state index contributed by atoms with van der Waals surface area (Å²) in [6.07, 6.45) is 4.89. The molecule has 0 aromatic heterocycles. The lowest BCUT2D eigenvalue weighted by atomic mass is 9.74. The Bertz CT molecular complexity index is 542. The van der Waals surface area contributed by atoms with E-state index in [0.717, 1.165) is 31.2 Å². The number of ether oxygens (including phenoxy) is 2. The zero-order valence-corrected chi connectivity index (χ0v) is 11.9. The molecule has 1 heterocycles. The molecule has 1 saturated heterocycles. The van der Waals surface area contributed by atoms with Crippen molar-refractivity contribution in [1.82, 2.24) is 0 Å². The summed E-state index contributed by atoms with van der Waals surface area (Å²) in [4.78, 5) is 10.7. The van der Waals surface area contributed by atoms with Gasteiger partial charge in [-0.3, -0.25) is 10.1 Å². The van der Waals surface area contributed by atoms with E-state index < -0.39 is 4.92 Å². The maximum atomic E-state index is 11.1. The fourth-order valence-corrected chi connectivity index (χ4v) is 3.11. The molecule has 2 N–H and O–H groups in total. The second-order valence-corrected chi connectivity index (χ2v) is 5.88. The Morgan fingerprint density at radius 1 is 1.48 bits per heavy atom. The van der Waals surface area contributed by atoms with Gasteiger partial charge in [0.15, 0.2) is 5.75 Å². The van der Waals surface area contributed by atoms with Crippen LogP contribution in [0.5, 0.6) is 5.75 Å². The molecular weight excluding hydrogens is 272 g/mol. The highest BCUT2D eigenvalue weighted by Gasteiger charge is 2.43. The number of hydrogen-bond donors (Lipinski definition) is 1. The maximum absolute atomic E-state index is 11.1. The minimum Gasteiger partial charge on any atom is -0.483 e. The van der Waals surface area contributed by atoms with Gasteiger partial charge in [-0.25, -0.2) is 0 Å². The van der Waals surface area contributed by atoms with Gasteiger partial charge in [0.2, 0.25) is 0 Å². The van der Waals surface area contributed by atoms with Crippen LogP contribution in [0, 0.1) is 10.1 Å². The summed E-state index contributed by atoms with van der Waals surface area (Å²) >= 11 is 0. The van der Waals surface area contributed by atoms with E-state index in [2.05, 4.69) is 0 Å². The Balaban J connectivity index is 1.78. The highest BCUT2D eigenvalue weighted by Crippen LogP contribution is 2.43. The molecule has 21 heavy (non-hydrogen) atoms. The molecule has 2 fully saturated rings. The molecule has 1 aliphatic heterocycles. The molecule has 1 atom stereocenters. The van der Waals surface area contributed by atoms with Gasteiger partial charge in [-0.2, -0.15) is 0 Å². The van der Waals surface area contributed by atoms with E-state index in [0.29, 0.717) is 18.9 Å². The van der Waals surface area contributed by atoms with Crippen LogP contribution in [-0.4, -0.2) is 23.2 Å². The Morgan fingerprint density at radius 2 is 2.29 bits per heavy atom. The van der Waals surface area contributed by atoms with Gasteiger partial charge in [0, 0.05) is 25.5 Å². The predicted molar refractivity (Wildman–Crippen MR) is 77.2 cm³/mol. The first-order chi connectivity index (χ1) is 10.1. The van der Waals surface area contributed by atoms with Crippen LogP contribution in [0.15, 0.2) is 18.2 Å². The van der Waals surface area contributed by atoms with E-state index in [9.17, 15) is 10.1 Å². The van der Waals surface area contributed by atoms with Crippen molar-refractivity contribution in [3.8, 4) is 5.75 Å². The normalized spacial score (nSPS) is 23.6. The number of hydrogen-bond acceptors (Lipinski definition) is 5. The zero-order valence-electron chi connectivity index (χ0n) is 11.9. The van der Waals surface area contributed by atoms with Gasteiger partial charge in [-0.15, -0.1) is 0 Å². The summed E-state index contributed by atoms with van der Waals surface area (Å²) < 4.78 is 11.8. The summed E-state index contributed by atoms with van der Waals surface area (Å²) in [6.45, 7) is 1.00. The molecule has 1 aliphatic carbocycles. The van der Waals surface area contributed by atoms with E-state index in [1.807, 2.05) is 0 Å². The molecule has 114 valence electrons. The quantitative estimate of drug-likeness (QED) is 0.680. The number of benzene rings is 1. The molecular formula is C15H20N2O4. The summed E-state index contributed by atoms with van der Waals surface area (Å²) in [5.74, 6) is 0.323. The number of nitrogens with two attached hydrogens (primary N) is 1. The summed E-state index contributed by atoms with van der Waals surface area (Å²) in [7, 11) is 0. The maximum Gasteiger partial charge on any atom is 0.310 e. The Hall–Kier alpha value is -1.66. The van der Waals surface area contributed by atoms with Crippen LogP contribution in [0.1, 0.15) is 37.7 Å². The Kier molecular flexibility index (Phi) is 3.82. The van der Waals surface area contributed by atoms with Crippen molar-refractivity contribution < 1.29 is 14.4 Å². The van der Waals surface area contributed by atoms with Crippen LogP contribution >= 0.6 is 0 Å². The van der Waals surface area contributed by atoms with Gasteiger partial charge < -0.3 is 15.2 Å². The highest BCUT2D eigenvalue weighted by molar-refractivity contribution is 5.48. The Morgan fingerprint density at radius 3 is 2.90 bits per heavy atom. The van der Waals surface area contributed by atoms with Gasteiger partial charge in [0.05, 0.1) is 17.1 Å².